The average Bonchev–Trinajstić information content (AvgIpc) is 2.93. The minimum atomic E-state index is -4.16. The molecule has 3 aromatic carbocycles. The van der Waals surface area contributed by atoms with Crippen molar-refractivity contribution in [1.29, 1.82) is 0 Å². The van der Waals surface area contributed by atoms with E-state index in [1.165, 1.54) is 0 Å². The summed E-state index contributed by atoms with van der Waals surface area (Å²) >= 11 is 0. The summed E-state index contributed by atoms with van der Waals surface area (Å²) in [5.41, 5.74) is 0.512. The molecule has 0 aliphatic rings. The molecule has 0 radical (unpaired) electrons. The maximum atomic E-state index is 14.5. The molecule has 0 heterocycles. The number of rotatable bonds is 13. The van der Waals surface area contributed by atoms with Crippen LogP contribution in [0.15, 0.2) is 84.9 Å². The number of ether oxygens (including phenoxy) is 3. The van der Waals surface area contributed by atoms with Crippen molar-refractivity contribution in [3.8, 4) is 23.8 Å². The van der Waals surface area contributed by atoms with Gasteiger partial charge < -0.3 is 28.6 Å². The van der Waals surface area contributed by atoms with Crippen LogP contribution in [0.3, 0.4) is 0 Å². The quantitative estimate of drug-likeness (QED) is 0.129. The van der Waals surface area contributed by atoms with E-state index in [-0.39, 0.29) is 37.7 Å². The van der Waals surface area contributed by atoms with Crippen molar-refractivity contribution >= 4 is 25.5 Å². The second kappa shape index (κ2) is 15.5. The van der Waals surface area contributed by atoms with Crippen LogP contribution in [0.5, 0.6) is 11.5 Å². The van der Waals surface area contributed by atoms with E-state index in [1.807, 2.05) is 0 Å². The Hall–Kier alpha value is -4.45. The molecule has 2 N–H and O–H groups in total. The van der Waals surface area contributed by atoms with Crippen molar-refractivity contribution < 1.29 is 37.4 Å². The fourth-order valence-electron chi connectivity index (χ4n) is 3.52. The Labute approximate surface area is 246 Å². The third-order valence-electron chi connectivity index (χ3n) is 5.29. The molecule has 0 fully saturated rings. The second-order valence-electron chi connectivity index (χ2n) is 9.93. The van der Waals surface area contributed by atoms with Gasteiger partial charge >= 0.3 is 19.8 Å². The third kappa shape index (κ3) is 11.2. The Bertz CT molecular complexity index is 1320. The molecule has 222 valence electrons. The summed E-state index contributed by atoms with van der Waals surface area (Å²) in [5.74, 6) is 1.73. The highest BCUT2D eigenvalue weighted by Gasteiger charge is 2.41. The van der Waals surface area contributed by atoms with Gasteiger partial charge in [-0.15, -0.1) is 6.42 Å². The normalized spacial score (nSPS) is 11.9. The average molecular weight is 595 g/mol. The zero-order valence-corrected chi connectivity index (χ0v) is 24.7. The number of carbonyl (C=O) groups excluding carboxylic acids is 2. The van der Waals surface area contributed by atoms with Crippen molar-refractivity contribution in [1.82, 2.24) is 5.32 Å². The number of hydrogen-bond donors (Lipinski definition) is 2. The van der Waals surface area contributed by atoms with Crippen LogP contribution in [-0.4, -0.2) is 43.4 Å². The van der Waals surface area contributed by atoms with Crippen LogP contribution < -0.4 is 19.7 Å². The number of para-hydroxylation sites is 2. The van der Waals surface area contributed by atoms with Crippen LogP contribution in [0.1, 0.15) is 26.3 Å². The highest BCUT2D eigenvalue weighted by molar-refractivity contribution is 7.55. The molecule has 1 unspecified atom stereocenters. The SMILES string of the molecule is C#CCOCCOC(=O)NC(Cc1ccc(NC(=O)OC(C)(C)C)cc1)P(=O)(Oc1ccccc1)Oc1ccccc1. The summed E-state index contributed by atoms with van der Waals surface area (Å²) in [6.07, 6.45) is 3.75. The van der Waals surface area contributed by atoms with Crippen molar-refractivity contribution in [2.75, 3.05) is 25.1 Å². The predicted molar refractivity (Wildman–Crippen MR) is 160 cm³/mol. The number of hydrogen-bond acceptors (Lipinski definition) is 8. The monoisotopic (exact) mass is 594 g/mol. The highest BCUT2D eigenvalue weighted by atomic mass is 31.2. The molecule has 3 aromatic rings. The number of nitrogens with one attached hydrogen (secondary N) is 2. The molecule has 3 rings (SSSR count). The van der Waals surface area contributed by atoms with Gasteiger partial charge in [-0.05, 0) is 62.7 Å². The lowest BCUT2D eigenvalue weighted by Gasteiger charge is -2.28. The number of anilines is 1. The molecule has 0 spiro atoms. The van der Waals surface area contributed by atoms with Gasteiger partial charge in [0.05, 0.1) is 6.61 Å². The highest BCUT2D eigenvalue weighted by Crippen LogP contribution is 2.53. The van der Waals surface area contributed by atoms with Crippen molar-refractivity contribution in [2.45, 2.75) is 38.6 Å². The lowest BCUT2D eigenvalue weighted by molar-refractivity contribution is 0.0635. The Morgan fingerprint density at radius 2 is 1.43 bits per heavy atom. The number of benzene rings is 3. The van der Waals surface area contributed by atoms with Gasteiger partial charge in [-0.1, -0.05) is 54.5 Å². The molecule has 0 saturated carbocycles. The van der Waals surface area contributed by atoms with Crippen LogP contribution in [0, 0.1) is 12.3 Å². The first-order valence-corrected chi connectivity index (χ1v) is 14.8. The molecule has 0 saturated heterocycles. The first kappa shape index (κ1) is 32.1. The van der Waals surface area contributed by atoms with Crippen molar-refractivity contribution in [3.05, 3.63) is 90.5 Å². The van der Waals surface area contributed by atoms with Gasteiger partial charge in [0.15, 0.2) is 5.78 Å². The van der Waals surface area contributed by atoms with Crippen molar-refractivity contribution in [3.63, 3.8) is 0 Å². The number of amides is 2. The topological polar surface area (TPSA) is 121 Å². The molecule has 42 heavy (non-hydrogen) atoms. The largest absolute Gasteiger partial charge is 0.453 e. The summed E-state index contributed by atoms with van der Waals surface area (Å²) < 4.78 is 42.1. The maximum Gasteiger partial charge on any atom is 0.453 e. The molecular weight excluding hydrogens is 559 g/mol. The summed E-state index contributed by atoms with van der Waals surface area (Å²) in [6.45, 7) is 5.40. The van der Waals surface area contributed by atoms with Gasteiger partial charge in [0.1, 0.15) is 30.3 Å². The molecule has 1 atom stereocenters. The van der Waals surface area contributed by atoms with E-state index in [9.17, 15) is 14.2 Å². The van der Waals surface area contributed by atoms with Crippen LogP contribution in [0.2, 0.25) is 0 Å². The van der Waals surface area contributed by atoms with Crippen LogP contribution in [0.25, 0.3) is 0 Å². The summed E-state index contributed by atoms with van der Waals surface area (Å²) in [5, 5.41) is 5.32. The fourth-order valence-corrected chi connectivity index (χ4v) is 5.34. The van der Waals surface area contributed by atoms with Gasteiger partial charge in [-0.2, -0.15) is 0 Å². The summed E-state index contributed by atoms with van der Waals surface area (Å²) in [4.78, 5) is 24.9. The fraction of sp³-hybridized carbons (Fsp3) is 0.290. The zero-order valence-electron chi connectivity index (χ0n) is 23.8. The molecule has 10 nitrogen and oxygen atoms in total. The van der Waals surface area contributed by atoms with E-state index < -0.39 is 31.2 Å². The summed E-state index contributed by atoms with van der Waals surface area (Å²) in [7, 11) is -4.16. The van der Waals surface area contributed by atoms with E-state index in [4.69, 9.17) is 29.7 Å². The van der Waals surface area contributed by atoms with Crippen LogP contribution in [0.4, 0.5) is 15.3 Å². The van der Waals surface area contributed by atoms with Gasteiger partial charge in [-0.25, -0.2) is 14.2 Å². The van der Waals surface area contributed by atoms with Gasteiger partial charge in [-0.3, -0.25) is 5.32 Å². The van der Waals surface area contributed by atoms with E-state index in [0.717, 1.165) is 0 Å². The predicted octanol–water partition coefficient (Wildman–Crippen LogP) is 6.63. The van der Waals surface area contributed by atoms with E-state index in [2.05, 4.69) is 16.6 Å². The smallest absolute Gasteiger partial charge is 0.447 e. The minimum absolute atomic E-state index is 0.0341. The Morgan fingerprint density at radius 3 is 1.95 bits per heavy atom. The number of alkyl carbamates (subject to hydrolysis) is 1. The van der Waals surface area contributed by atoms with E-state index in [0.29, 0.717) is 11.3 Å². The Morgan fingerprint density at radius 1 is 0.857 bits per heavy atom. The lowest BCUT2D eigenvalue weighted by Crippen LogP contribution is -2.39. The van der Waals surface area contributed by atoms with Crippen molar-refractivity contribution in [2.24, 2.45) is 0 Å². The maximum absolute atomic E-state index is 14.5. The summed E-state index contributed by atoms with van der Waals surface area (Å²) in [6, 6.07) is 23.8. The van der Waals surface area contributed by atoms with Crippen LogP contribution in [-0.2, 0) is 25.2 Å². The molecule has 11 heteroatoms. The van der Waals surface area contributed by atoms with Gasteiger partial charge in [0, 0.05) is 12.1 Å². The zero-order chi connectivity index (χ0) is 30.4. The molecule has 0 aliphatic carbocycles. The first-order chi connectivity index (χ1) is 20.1. The third-order valence-corrected chi connectivity index (χ3v) is 7.30. The van der Waals surface area contributed by atoms with Gasteiger partial charge in [0.25, 0.3) is 0 Å². The van der Waals surface area contributed by atoms with E-state index >= 15 is 0 Å². The molecular formula is C31H35N2O8P. The molecule has 0 aliphatic heterocycles. The lowest BCUT2D eigenvalue weighted by atomic mass is 10.1. The van der Waals surface area contributed by atoms with E-state index in [1.54, 1.807) is 106 Å². The standard InChI is InChI=1S/C31H35N2O8P/c1-5-20-37-21-22-38-29(34)33-28(23-24-16-18-25(19-17-24)32-30(35)39-31(2,3)4)42(36,40-26-12-8-6-9-13-26)41-27-14-10-7-11-15-27/h1,6-19,28H,20-23H2,2-4H3,(H,32,35)(H,33,34). The number of carbonyl (C=O) groups is 2. The molecule has 0 bridgehead atoms. The van der Waals surface area contributed by atoms with Gasteiger partial charge in [0.2, 0.25) is 0 Å². The Kier molecular flexibility index (Phi) is 11.9. The number of terminal acetylenes is 1. The minimum Gasteiger partial charge on any atom is -0.447 e. The molecule has 2 amide bonds. The Balaban J connectivity index is 1.86. The van der Waals surface area contributed by atoms with Crippen LogP contribution >= 0.6 is 7.60 Å². The second-order valence-corrected chi connectivity index (χ2v) is 12.0. The molecule has 0 aromatic heterocycles. The first-order valence-electron chi connectivity index (χ1n) is 13.2.